The Labute approximate surface area is 115 Å². The van der Waals surface area contributed by atoms with Crippen molar-refractivity contribution in [1.82, 2.24) is 9.55 Å². The Morgan fingerprint density at radius 1 is 1.67 bits per heavy atom. The molecule has 2 N–H and O–H groups in total. The zero-order valence-electron chi connectivity index (χ0n) is 9.21. The highest BCUT2D eigenvalue weighted by atomic mass is 79.9. The van der Waals surface area contributed by atoms with Crippen molar-refractivity contribution in [1.29, 1.82) is 0 Å². The third-order valence-corrected chi connectivity index (χ3v) is 3.80. The summed E-state index contributed by atoms with van der Waals surface area (Å²) in [4.78, 5) is 27.0. The van der Waals surface area contributed by atoms with Gasteiger partial charge in [-0.25, -0.2) is 4.79 Å². The predicted octanol–water partition coefficient (Wildman–Crippen LogP) is 0.483. The summed E-state index contributed by atoms with van der Waals surface area (Å²) in [7, 11) is 0. The van der Waals surface area contributed by atoms with Crippen molar-refractivity contribution in [3.8, 4) is 0 Å². The Hall–Kier alpha value is -0.830. The lowest BCUT2D eigenvalue weighted by molar-refractivity contribution is -0.00643. The minimum Gasteiger partial charge on any atom is -0.393 e. The Kier molecular flexibility index (Phi) is 4.44. The lowest BCUT2D eigenvalue weighted by Crippen LogP contribution is -2.34. The van der Waals surface area contributed by atoms with Gasteiger partial charge in [-0.1, -0.05) is 15.9 Å². The number of nitrogens with zero attached hydrogens (tertiary/aromatic N) is 1. The first-order valence-corrected chi connectivity index (χ1v) is 7.12. The Morgan fingerprint density at radius 2 is 2.44 bits per heavy atom. The van der Waals surface area contributed by atoms with E-state index in [1.54, 1.807) is 6.08 Å². The number of rotatable bonds is 3. The maximum Gasteiger partial charge on any atom is 0.330 e. The van der Waals surface area contributed by atoms with Gasteiger partial charge in [-0.3, -0.25) is 14.3 Å². The Bertz CT molecular complexity index is 568. The maximum absolute atomic E-state index is 11.7. The second kappa shape index (κ2) is 5.87. The highest BCUT2D eigenvalue weighted by Gasteiger charge is 2.27. The molecule has 6 nitrogen and oxygen atoms in total. The quantitative estimate of drug-likeness (QED) is 0.840. The van der Waals surface area contributed by atoms with Gasteiger partial charge in [-0.05, 0) is 11.1 Å². The summed E-state index contributed by atoms with van der Waals surface area (Å²) in [5, 5.41) is 8.97. The number of ether oxygens (including phenoxy) is 1. The number of halogens is 1. The maximum atomic E-state index is 11.7. The predicted molar refractivity (Wildman–Crippen MR) is 72.7 cm³/mol. The molecule has 1 aliphatic heterocycles. The summed E-state index contributed by atoms with van der Waals surface area (Å²) in [6, 6.07) is 0. The van der Waals surface area contributed by atoms with Crippen molar-refractivity contribution >= 4 is 33.8 Å². The molecular weight excluding hydrogens is 324 g/mol. The molecule has 0 saturated carbocycles. The fraction of sp³-hybridized carbons (Fsp3) is 0.400. The molecule has 2 atom stereocenters. The second-order valence-corrected chi connectivity index (χ2v) is 5.30. The SMILES string of the molecule is O=c1[nH]c(=O)n([C@H]2CS[C@@H](CO)O2)cc1/C=C/Br. The van der Waals surface area contributed by atoms with Gasteiger partial charge in [0.15, 0.2) is 0 Å². The fourth-order valence-corrected chi connectivity index (χ4v) is 2.80. The molecule has 0 unspecified atom stereocenters. The number of nitrogens with one attached hydrogen (secondary N) is 1. The van der Waals surface area contributed by atoms with Crippen molar-refractivity contribution < 1.29 is 9.84 Å². The molecule has 18 heavy (non-hydrogen) atoms. The average Bonchev–Trinajstić information content (AvgIpc) is 2.81. The van der Waals surface area contributed by atoms with Gasteiger partial charge < -0.3 is 9.84 Å². The minimum atomic E-state index is -0.518. The van der Waals surface area contributed by atoms with E-state index in [2.05, 4.69) is 20.9 Å². The third kappa shape index (κ3) is 2.77. The zero-order chi connectivity index (χ0) is 13.1. The molecule has 0 aliphatic carbocycles. The van der Waals surface area contributed by atoms with E-state index < -0.39 is 17.5 Å². The molecule has 1 saturated heterocycles. The largest absolute Gasteiger partial charge is 0.393 e. The van der Waals surface area contributed by atoms with Crippen LogP contribution in [0.15, 0.2) is 20.8 Å². The zero-order valence-corrected chi connectivity index (χ0v) is 11.6. The van der Waals surface area contributed by atoms with E-state index in [1.807, 2.05) is 0 Å². The van der Waals surface area contributed by atoms with Gasteiger partial charge in [0.05, 0.1) is 12.2 Å². The average molecular weight is 335 g/mol. The van der Waals surface area contributed by atoms with Crippen LogP contribution in [0.2, 0.25) is 0 Å². The van der Waals surface area contributed by atoms with Crippen LogP contribution in [-0.2, 0) is 4.74 Å². The van der Waals surface area contributed by atoms with E-state index in [0.717, 1.165) is 0 Å². The molecular formula is C10H11BrN2O4S. The molecule has 2 rings (SSSR count). The summed E-state index contributed by atoms with van der Waals surface area (Å²) in [5.74, 6) is 0.550. The van der Waals surface area contributed by atoms with Crippen LogP contribution in [0, 0.1) is 0 Å². The molecule has 1 aromatic heterocycles. The van der Waals surface area contributed by atoms with E-state index >= 15 is 0 Å². The van der Waals surface area contributed by atoms with Gasteiger partial charge in [0, 0.05) is 11.9 Å². The van der Waals surface area contributed by atoms with Gasteiger partial charge in [0.2, 0.25) is 0 Å². The number of aromatic nitrogens is 2. The lowest BCUT2D eigenvalue weighted by Gasteiger charge is -2.13. The van der Waals surface area contributed by atoms with E-state index in [-0.39, 0.29) is 12.0 Å². The molecule has 1 aliphatic rings. The van der Waals surface area contributed by atoms with Crippen LogP contribution in [0.3, 0.4) is 0 Å². The minimum absolute atomic E-state index is 0.104. The van der Waals surface area contributed by atoms with Crippen molar-refractivity contribution in [2.45, 2.75) is 11.7 Å². The van der Waals surface area contributed by atoms with Gasteiger partial charge >= 0.3 is 5.69 Å². The molecule has 1 aromatic rings. The summed E-state index contributed by atoms with van der Waals surface area (Å²) in [6.07, 6.45) is 2.52. The molecule has 1 fully saturated rings. The van der Waals surface area contributed by atoms with Crippen molar-refractivity contribution in [3.63, 3.8) is 0 Å². The van der Waals surface area contributed by atoms with E-state index in [4.69, 9.17) is 9.84 Å². The molecule has 0 spiro atoms. The second-order valence-electron chi connectivity index (χ2n) is 3.58. The first-order valence-electron chi connectivity index (χ1n) is 5.16. The van der Waals surface area contributed by atoms with Crippen molar-refractivity contribution in [2.75, 3.05) is 12.4 Å². The first kappa shape index (κ1) is 13.6. The van der Waals surface area contributed by atoms with Gasteiger partial charge in [-0.15, -0.1) is 11.8 Å². The first-order chi connectivity index (χ1) is 8.65. The molecule has 0 bridgehead atoms. The number of H-pyrrole nitrogens is 1. The van der Waals surface area contributed by atoms with Crippen molar-refractivity contribution in [2.24, 2.45) is 0 Å². The number of aliphatic hydroxyl groups excluding tert-OH is 1. The summed E-state index contributed by atoms with van der Waals surface area (Å²) in [6.45, 7) is -0.104. The van der Waals surface area contributed by atoms with Crippen LogP contribution < -0.4 is 11.2 Å². The smallest absolute Gasteiger partial charge is 0.330 e. The normalized spacial score (nSPS) is 23.9. The van der Waals surface area contributed by atoms with Crippen LogP contribution in [0.5, 0.6) is 0 Å². The fourth-order valence-electron chi connectivity index (χ4n) is 1.59. The molecule has 0 amide bonds. The topological polar surface area (TPSA) is 84.3 Å². The summed E-state index contributed by atoms with van der Waals surface area (Å²) < 4.78 is 6.79. The van der Waals surface area contributed by atoms with E-state index in [9.17, 15) is 9.59 Å². The van der Waals surface area contributed by atoms with Crippen LogP contribution in [0.1, 0.15) is 11.8 Å². The van der Waals surface area contributed by atoms with Crippen LogP contribution in [-0.4, -0.2) is 32.5 Å². The highest BCUT2D eigenvalue weighted by Crippen LogP contribution is 2.30. The molecule has 8 heteroatoms. The van der Waals surface area contributed by atoms with Crippen LogP contribution in [0.25, 0.3) is 6.08 Å². The molecule has 0 aromatic carbocycles. The van der Waals surface area contributed by atoms with Crippen molar-refractivity contribution in [3.05, 3.63) is 37.6 Å². The molecule has 0 radical (unpaired) electrons. The van der Waals surface area contributed by atoms with Gasteiger partial charge in [0.1, 0.15) is 11.7 Å². The number of thioether (sulfide) groups is 1. The number of hydrogen-bond acceptors (Lipinski definition) is 5. The van der Waals surface area contributed by atoms with Crippen LogP contribution in [0.4, 0.5) is 0 Å². The van der Waals surface area contributed by atoms with Gasteiger partial charge in [0.25, 0.3) is 5.56 Å². The summed E-state index contributed by atoms with van der Waals surface area (Å²) in [5.41, 5.74) is -0.941. The highest BCUT2D eigenvalue weighted by molar-refractivity contribution is 9.11. The lowest BCUT2D eigenvalue weighted by atomic mass is 10.3. The number of hydrogen-bond donors (Lipinski definition) is 2. The molecule has 98 valence electrons. The monoisotopic (exact) mass is 334 g/mol. The Balaban J connectivity index is 2.36. The van der Waals surface area contributed by atoms with E-state index in [1.165, 1.54) is 27.5 Å². The number of aliphatic hydroxyl groups is 1. The van der Waals surface area contributed by atoms with E-state index in [0.29, 0.717) is 11.3 Å². The Morgan fingerprint density at radius 3 is 3.06 bits per heavy atom. The third-order valence-electron chi connectivity index (χ3n) is 2.43. The molecule has 2 heterocycles. The van der Waals surface area contributed by atoms with Gasteiger partial charge in [-0.2, -0.15) is 0 Å². The standard InChI is InChI=1S/C10H11BrN2O4S/c11-2-1-6-3-13(10(16)12-9(6)15)7-5-18-8(4-14)17-7/h1-3,7-8,14H,4-5H2,(H,12,15,16)/b2-1+/t7-,8+/m1/s1. The van der Waals surface area contributed by atoms with Crippen LogP contribution >= 0.6 is 27.7 Å². The summed E-state index contributed by atoms with van der Waals surface area (Å²) >= 11 is 4.50. The number of aromatic amines is 1.